The molecule has 2 heterocycles. The van der Waals surface area contributed by atoms with Crippen LogP contribution in [-0.2, 0) is 16.4 Å². The number of hydrogen-bond acceptors (Lipinski definition) is 8. The van der Waals surface area contributed by atoms with Crippen molar-refractivity contribution < 1.29 is 45.0 Å². The van der Waals surface area contributed by atoms with E-state index in [0.29, 0.717) is 5.56 Å². The minimum Gasteiger partial charge on any atom is -0.434 e. The fraction of sp³-hybridized carbons (Fsp3) is 0.654. The third kappa shape index (κ3) is 8.52. The highest BCUT2D eigenvalue weighted by molar-refractivity contribution is 7.91. The number of pyridine rings is 1. The van der Waals surface area contributed by atoms with Gasteiger partial charge in [0, 0.05) is 42.7 Å². The van der Waals surface area contributed by atoms with Gasteiger partial charge in [0.15, 0.2) is 5.69 Å². The molecule has 2 aromatic rings. The monoisotopic (exact) mass is 625 g/mol. The van der Waals surface area contributed by atoms with Crippen molar-refractivity contribution in [2.45, 2.75) is 95.5 Å². The number of halogens is 5. The maximum atomic E-state index is 13.4. The lowest BCUT2D eigenvalue weighted by molar-refractivity contribution is -0.142. The van der Waals surface area contributed by atoms with E-state index in [2.05, 4.69) is 20.7 Å². The van der Waals surface area contributed by atoms with Gasteiger partial charge < -0.3 is 20.5 Å². The molecular weight excluding hydrogens is 589 g/mol. The Morgan fingerprint density at radius 2 is 1.88 bits per heavy atom. The molecule has 0 bridgehead atoms. The van der Waals surface area contributed by atoms with Crippen molar-refractivity contribution >= 4 is 21.6 Å². The number of sulfone groups is 1. The van der Waals surface area contributed by atoms with Crippen LogP contribution in [0.2, 0.25) is 0 Å². The van der Waals surface area contributed by atoms with E-state index in [4.69, 9.17) is 4.74 Å². The SMILES string of the molecule is CCn1nc(C(=O)NCC2(O)CCC(S(C)(=O)=O)CC2)c(C)c1-c1cnc(NC(C)(C)CC(F)(F)F)cc1OC(F)F. The molecule has 1 fully saturated rings. The minimum atomic E-state index is -4.48. The van der Waals surface area contributed by atoms with Gasteiger partial charge in [0.25, 0.3) is 5.91 Å². The van der Waals surface area contributed by atoms with Crippen molar-refractivity contribution in [1.82, 2.24) is 20.1 Å². The molecule has 1 aliphatic rings. The fourth-order valence-electron chi connectivity index (χ4n) is 5.17. The number of carbonyl (C=O) groups excluding carboxylic acids is 1. The quantitative estimate of drug-likeness (QED) is 0.312. The molecule has 16 heteroatoms. The molecule has 0 unspecified atom stereocenters. The van der Waals surface area contributed by atoms with Gasteiger partial charge >= 0.3 is 12.8 Å². The molecular formula is C26H36F5N5O5S. The van der Waals surface area contributed by atoms with Crippen molar-refractivity contribution in [1.29, 1.82) is 0 Å². The summed E-state index contributed by atoms with van der Waals surface area (Å²) < 4.78 is 95.3. The zero-order valence-corrected chi connectivity index (χ0v) is 24.8. The van der Waals surface area contributed by atoms with Crippen LogP contribution in [0.3, 0.4) is 0 Å². The number of hydrogen-bond donors (Lipinski definition) is 3. The molecule has 10 nitrogen and oxygen atoms in total. The zero-order chi connectivity index (χ0) is 31.7. The second kappa shape index (κ2) is 12.3. The Kier molecular flexibility index (Phi) is 9.81. The van der Waals surface area contributed by atoms with Crippen LogP contribution in [0.15, 0.2) is 12.3 Å². The van der Waals surface area contributed by atoms with E-state index >= 15 is 0 Å². The van der Waals surface area contributed by atoms with Gasteiger partial charge in [-0.1, -0.05) is 0 Å². The first-order chi connectivity index (χ1) is 19.2. The molecule has 1 saturated carbocycles. The Morgan fingerprint density at radius 1 is 1.26 bits per heavy atom. The maximum absolute atomic E-state index is 13.4. The highest BCUT2D eigenvalue weighted by Gasteiger charge is 2.38. The number of amides is 1. The second-order valence-corrected chi connectivity index (χ2v) is 13.6. The minimum absolute atomic E-state index is 0.0399. The van der Waals surface area contributed by atoms with Gasteiger partial charge in [0.2, 0.25) is 0 Å². The fourth-order valence-corrected chi connectivity index (χ4v) is 6.26. The molecule has 3 N–H and O–H groups in total. The number of nitrogens with one attached hydrogen (secondary N) is 2. The lowest BCUT2D eigenvalue weighted by Gasteiger charge is -2.35. The number of alkyl halides is 5. The van der Waals surface area contributed by atoms with Crippen LogP contribution in [0.1, 0.15) is 68.9 Å². The Morgan fingerprint density at radius 3 is 2.40 bits per heavy atom. The largest absolute Gasteiger partial charge is 0.434 e. The van der Waals surface area contributed by atoms with E-state index in [9.17, 15) is 40.3 Å². The smallest absolute Gasteiger partial charge is 0.391 e. The van der Waals surface area contributed by atoms with Gasteiger partial charge in [-0.05, 0) is 53.4 Å². The first-order valence-electron chi connectivity index (χ1n) is 13.3. The summed E-state index contributed by atoms with van der Waals surface area (Å²) in [6, 6.07) is 1.06. The van der Waals surface area contributed by atoms with Gasteiger partial charge in [-0.15, -0.1) is 0 Å². The lowest BCUT2D eigenvalue weighted by atomic mass is 9.84. The third-order valence-corrected chi connectivity index (χ3v) is 8.88. The normalized spacial score (nSPS) is 20.0. The Hall–Kier alpha value is -3.01. The molecule has 0 spiro atoms. The molecule has 0 radical (unpaired) electrons. The van der Waals surface area contributed by atoms with Gasteiger partial charge in [0.1, 0.15) is 21.4 Å². The van der Waals surface area contributed by atoms with Crippen molar-refractivity contribution in [3.05, 3.63) is 23.5 Å². The molecule has 236 valence electrons. The zero-order valence-electron chi connectivity index (χ0n) is 24.0. The number of nitrogens with zero attached hydrogens (tertiary/aromatic N) is 3. The van der Waals surface area contributed by atoms with Crippen LogP contribution in [0.25, 0.3) is 11.3 Å². The third-order valence-electron chi connectivity index (χ3n) is 7.20. The number of anilines is 1. The van der Waals surface area contributed by atoms with Crippen molar-refractivity contribution in [3.8, 4) is 17.0 Å². The van der Waals surface area contributed by atoms with Gasteiger partial charge in [-0.25, -0.2) is 13.4 Å². The molecule has 1 aliphatic carbocycles. The van der Waals surface area contributed by atoms with Crippen LogP contribution >= 0.6 is 0 Å². The van der Waals surface area contributed by atoms with E-state index < -0.39 is 51.3 Å². The lowest BCUT2D eigenvalue weighted by Crippen LogP contribution is -2.47. The maximum Gasteiger partial charge on any atom is 0.391 e. The van der Waals surface area contributed by atoms with E-state index in [1.807, 2.05) is 0 Å². The number of aromatic nitrogens is 3. The molecule has 0 saturated heterocycles. The summed E-state index contributed by atoms with van der Waals surface area (Å²) in [5.74, 6) is -1.15. The van der Waals surface area contributed by atoms with Gasteiger partial charge in [-0.3, -0.25) is 9.48 Å². The highest BCUT2D eigenvalue weighted by atomic mass is 32.2. The summed E-state index contributed by atoms with van der Waals surface area (Å²) in [5.41, 5.74) is -2.28. The predicted octanol–water partition coefficient (Wildman–Crippen LogP) is 4.47. The van der Waals surface area contributed by atoms with Crippen LogP contribution in [0.5, 0.6) is 5.75 Å². The number of ether oxygens (including phenoxy) is 1. The number of aryl methyl sites for hydroxylation is 1. The average molecular weight is 626 g/mol. The molecule has 0 aromatic carbocycles. The van der Waals surface area contributed by atoms with Gasteiger partial charge in [-0.2, -0.15) is 27.1 Å². The highest BCUT2D eigenvalue weighted by Crippen LogP contribution is 2.37. The first kappa shape index (κ1) is 33.5. The topological polar surface area (TPSA) is 135 Å². The van der Waals surface area contributed by atoms with E-state index in [-0.39, 0.29) is 67.3 Å². The molecule has 3 rings (SSSR count). The Balaban J connectivity index is 1.87. The number of aliphatic hydroxyl groups is 1. The molecule has 0 aliphatic heterocycles. The second-order valence-electron chi connectivity index (χ2n) is 11.3. The Labute approximate surface area is 241 Å². The Bertz CT molecular complexity index is 1390. The molecule has 2 aromatic heterocycles. The first-order valence-corrected chi connectivity index (χ1v) is 15.3. The van der Waals surface area contributed by atoms with Crippen molar-refractivity contribution in [2.24, 2.45) is 0 Å². The van der Waals surface area contributed by atoms with E-state index in [1.54, 1.807) is 13.8 Å². The van der Waals surface area contributed by atoms with Crippen LogP contribution in [-0.4, -0.2) is 76.2 Å². The summed E-state index contributed by atoms with van der Waals surface area (Å²) in [4.78, 5) is 17.2. The van der Waals surface area contributed by atoms with E-state index in [0.717, 1.165) is 18.5 Å². The van der Waals surface area contributed by atoms with Crippen molar-refractivity contribution in [2.75, 3.05) is 18.1 Å². The van der Waals surface area contributed by atoms with Gasteiger partial charge in [0.05, 0.1) is 28.5 Å². The summed E-state index contributed by atoms with van der Waals surface area (Å²) in [6.45, 7) is 2.63. The number of rotatable bonds is 11. The molecule has 1 amide bonds. The van der Waals surface area contributed by atoms with Crippen LogP contribution in [0, 0.1) is 6.92 Å². The standard InChI is InChI=1S/C26H36F5N5O5S/c1-6-36-21(17-12-32-19(11-18(17)41-23(27)28)34-24(3,4)13-26(29,30)31)15(2)20(35-36)22(37)33-14-25(38)9-7-16(8-10-25)42(5,39)40/h11-12,16,23,38H,6-10,13-14H2,1-5H3,(H,32,34)(H,33,37). The van der Waals surface area contributed by atoms with Crippen LogP contribution < -0.4 is 15.4 Å². The summed E-state index contributed by atoms with van der Waals surface area (Å²) in [6.07, 6.45) is -2.50. The number of carbonyl (C=O) groups is 1. The molecule has 0 atom stereocenters. The van der Waals surface area contributed by atoms with E-state index in [1.165, 1.54) is 18.5 Å². The summed E-state index contributed by atoms with van der Waals surface area (Å²) >= 11 is 0. The summed E-state index contributed by atoms with van der Waals surface area (Å²) in [5, 5.41) is 19.9. The average Bonchev–Trinajstić information content (AvgIpc) is 3.16. The van der Waals surface area contributed by atoms with Crippen molar-refractivity contribution in [3.63, 3.8) is 0 Å². The summed E-state index contributed by atoms with van der Waals surface area (Å²) in [7, 11) is -3.24. The molecule has 42 heavy (non-hydrogen) atoms. The predicted molar refractivity (Wildman–Crippen MR) is 145 cm³/mol. The van der Waals surface area contributed by atoms with Crippen LogP contribution in [0.4, 0.5) is 27.8 Å².